The first-order valence-electron chi connectivity index (χ1n) is 9.12. The van der Waals surface area contributed by atoms with E-state index in [0.717, 1.165) is 24.2 Å². The van der Waals surface area contributed by atoms with Crippen LogP contribution >= 0.6 is 11.6 Å². The fraction of sp³-hybridized carbons (Fsp3) is 0.409. The largest absolute Gasteiger partial charge is 0.366 e. The second kappa shape index (κ2) is 7.21. The molecule has 2 nitrogen and oxygen atoms in total. The summed E-state index contributed by atoms with van der Waals surface area (Å²) in [6, 6.07) is 14.4. The van der Waals surface area contributed by atoms with Gasteiger partial charge in [0.1, 0.15) is 0 Å². The Bertz CT molecular complexity index is 779. The molecule has 0 fully saturated rings. The number of benzene rings is 2. The molecule has 0 saturated carbocycles. The third-order valence-corrected chi connectivity index (χ3v) is 5.26. The zero-order valence-electron chi connectivity index (χ0n) is 15.6. The molecule has 0 aromatic heterocycles. The highest BCUT2D eigenvalue weighted by atomic mass is 35.5. The molecule has 1 unspecified atom stereocenters. The van der Waals surface area contributed by atoms with Crippen LogP contribution < -0.4 is 4.90 Å². The Hall–Kier alpha value is -1.80. The summed E-state index contributed by atoms with van der Waals surface area (Å²) >= 11 is 6.03. The minimum absolute atomic E-state index is 0.207. The number of rotatable bonds is 4. The third kappa shape index (κ3) is 3.90. The van der Waals surface area contributed by atoms with Gasteiger partial charge in [-0.2, -0.15) is 0 Å². The van der Waals surface area contributed by atoms with Crippen LogP contribution in [0.25, 0.3) is 0 Å². The maximum atomic E-state index is 6.03. The summed E-state index contributed by atoms with van der Waals surface area (Å²) in [5.41, 5.74) is 5.04. The number of hydrogen-bond acceptors (Lipinski definition) is 2. The fourth-order valence-corrected chi connectivity index (χ4v) is 4.13. The molecule has 0 bridgehead atoms. The number of nitrogens with zero attached hydrogens (tertiary/aromatic N) is 2. The zero-order chi connectivity index (χ0) is 18.0. The predicted octanol–water partition coefficient (Wildman–Crippen LogP) is 6.59. The Balaban J connectivity index is 1.92. The van der Waals surface area contributed by atoms with Gasteiger partial charge in [0, 0.05) is 29.0 Å². The standard InChI is InChI=1S/C22H27ClN2/c1-5-11-25-21-10-9-17(12-20(21)16(2)14-22(25,3)4)15-24-19-8-6-7-18(23)13-19/h6-10,12-13,15-16H,5,11,14H2,1-4H3. The first-order chi connectivity index (χ1) is 11.9. The molecule has 2 aromatic carbocycles. The van der Waals surface area contributed by atoms with Crippen LogP contribution in [-0.4, -0.2) is 18.3 Å². The van der Waals surface area contributed by atoms with Crippen LogP contribution in [0, 0.1) is 0 Å². The minimum Gasteiger partial charge on any atom is -0.366 e. The van der Waals surface area contributed by atoms with Crippen molar-refractivity contribution in [2.75, 3.05) is 11.4 Å². The summed E-state index contributed by atoms with van der Waals surface area (Å²) in [4.78, 5) is 7.14. The molecule has 1 aliphatic rings. The van der Waals surface area contributed by atoms with Gasteiger partial charge in [0.05, 0.1) is 5.69 Å². The highest BCUT2D eigenvalue weighted by Crippen LogP contribution is 2.43. The van der Waals surface area contributed by atoms with Crippen molar-refractivity contribution in [1.82, 2.24) is 0 Å². The molecular weight excluding hydrogens is 328 g/mol. The smallest absolute Gasteiger partial charge is 0.0644 e. The SMILES string of the molecule is CCCN1c2ccc(C=Nc3cccc(Cl)c3)cc2C(C)CC1(C)C. The topological polar surface area (TPSA) is 15.6 Å². The van der Waals surface area contributed by atoms with E-state index in [9.17, 15) is 0 Å². The van der Waals surface area contributed by atoms with E-state index in [1.54, 1.807) is 0 Å². The van der Waals surface area contributed by atoms with Crippen molar-refractivity contribution in [1.29, 1.82) is 0 Å². The van der Waals surface area contributed by atoms with Crippen LogP contribution in [0.5, 0.6) is 0 Å². The maximum absolute atomic E-state index is 6.03. The Morgan fingerprint density at radius 2 is 2.04 bits per heavy atom. The van der Waals surface area contributed by atoms with Crippen LogP contribution in [-0.2, 0) is 0 Å². The molecule has 1 heterocycles. The van der Waals surface area contributed by atoms with Gasteiger partial charge in [0.2, 0.25) is 0 Å². The van der Waals surface area contributed by atoms with Gasteiger partial charge in [-0.1, -0.05) is 37.6 Å². The summed E-state index contributed by atoms with van der Waals surface area (Å²) in [7, 11) is 0. The summed E-state index contributed by atoms with van der Waals surface area (Å²) in [6.07, 6.45) is 4.27. The van der Waals surface area contributed by atoms with E-state index >= 15 is 0 Å². The lowest BCUT2D eigenvalue weighted by Crippen LogP contribution is -2.48. The lowest BCUT2D eigenvalue weighted by molar-refractivity contribution is 0.376. The van der Waals surface area contributed by atoms with E-state index in [2.05, 4.69) is 55.8 Å². The van der Waals surface area contributed by atoms with E-state index in [1.807, 2.05) is 30.5 Å². The average molecular weight is 355 g/mol. The van der Waals surface area contributed by atoms with E-state index in [1.165, 1.54) is 17.7 Å². The molecule has 0 spiro atoms. The lowest BCUT2D eigenvalue weighted by Gasteiger charge is -2.47. The minimum atomic E-state index is 0.207. The maximum Gasteiger partial charge on any atom is 0.0644 e. The average Bonchev–Trinajstić information content (AvgIpc) is 2.56. The summed E-state index contributed by atoms with van der Waals surface area (Å²) in [5, 5.41) is 0.714. The molecule has 2 aromatic rings. The Morgan fingerprint density at radius 1 is 1.24 bits per heavy atom. The predicted molar refractivity (Wildman–Crippen MR) is 110 cm³/mol. The van der Waals surface area contributed by atoms with E-state index in [-0.39, 0.29) is 5.54 Å². The molecule has 0 aliphatic carbocycles. The lowest BCUT2D eigenvalue weighted by atomic mass is 9.79. The molecule has 0 amide bonds. The molecule has 25 heavy (non-hydrogen) atoms. The molecular formula is C22H27ClN2. The van der Waals surface area contributed by atoms with Crippen molar-refractivity contribution in [3.05, 3.63) is 58.6 Å². The Kier molecular flexibility index (Phi) is 5.19. The second-order valence-corrected chi connectivity index (χ2v) is 8.06. The van der Waals surface area contributed by atoms with Crippen molar-refractivity contribution in [2.24, 2.45) is 4.99 Å². The van der Waals surface area contributed by atoms with Gasteiger partial charge in [-0.05, 0) is 74.1 Å². The molecule has 0 radical (unpaired) electrons. The zero-order valence-corrected chi connectivity index (χ0v) is 16.3. The van der Waals surface area contributed by atoms with E-state index in [4.69, 9.17) is 11.6 Å². The third-order valence-electron chi connectivity index (χ3n) is 5.03. The number of hydrogen-bond donors (Lipinski definition) is 0. The van der Waals surface area contributed by atoms with Gasteiger partial charge in [0.15, 0.2) is 0 Å². The first kappa shape index (κ1) is 18.0. The van der Waals surface area contributed by atoms with Crippen molar-refractivity contribution in [3.63, 3.8) is 0 Å². The quantitative estimate of drug-likeness (QED) is 0.565. The number of anilines is 1. The number of aliphatic imine (C=N–C) groups is 1. The fourth-order valence-electron chi connectivity index (χ4n) is 3.94. The van der Waals surface area contributed by atoms with Crippen LogP contribution in [0.1, 0.15) is 57.6 Å². The summed E-state index contributed by atoms with van der Waals surface area (Å²) in [5.74, 6) is 0.553. The van der Waals surface area contributed by atoms with Crippen LogP contribution in [0.4, 0.5) is 11.4 Å². The van der Waals surface area contributed by atoms with E-state index in [0.29, 0.717) is 10.9 Å². The molecule has 1 aliphatic heterocycles. The first-order valence-corrected chi connectivity index (χ1v) is 9.50. The normalized spacial score (nSPS) is 19.2. The molecule has 0 saturated heterocycles. The van der Waals surface area contributed by atoms with Crippen molar-refractivity contribution in [2.45, 2.75) is 52.0 Å². The van der Waals surface area contributed by atoms with Crippen molar-refractivity contribution in [3.8, 4) is 0 Å². The van der Waals surface area contributed by atoms with Gasteiger partial charge >= 0.3 is 0 Å². The van der Waals surface area contributed by atoms with Crippen LogP contribution in [0.3, 0.4) is 0 Å². The molecule has 132 valence electrons. The van der Waals surface area contributed by atoms with Crippen LogP contribution in [0.15, 0.2) is 47.5 Å². The van der Waals surface area contributed by atoms with Gasteiger partial charge in [-0.15, -0.1) is 0 Å². The van der Waals surface area contributed by atoms with Crippen LogP contribution in [0.2, 0.25) is 5.02 Å². The molecule has 3 rings (SSSR count). The molecule has 0 N–H and O–H groups in total. The summed E-state index contributed by atoms with van der Waals surface area (Å²) in [6.45, 7) is 10.4. The number of halogens is 1. The molecule has 1 atom stereocenters. The Morgan fingerprint density at radius 3 is 2.76 bits per heavy atom. The molecule has 3 heteroatoms. The van der Waals surface area contributed by atoms with Gasteiger partial charge in [-0.25, -0.2) is 0 Å². The van der Waals surface area contributed by atoms with Gasteiger partial charge in [-0.3, -0.25) is 4.99 Å². The Labute approximate surface area is 156 Å². The number of fused-ring (bicyclic) bond motifs is 1. The van der Waals surface area contributed by atoms with Crippen molar-refractivity contribution >= 4 is 29.2 Å². The summed E-state index contributed by atoms with van der Waals surface area (Å²) < 4.78 is 0. The highest BCUT2D eigenvalue weighted by Gasteiger charge is 2.35. The second-order valence-electron chi connectivity index (χ2n) is 7.63. The highest BCUT2D eigenvalue weighted by molar-refractivity contribution is 6.30. The van der Waals surface area contributed by atoms with E-state index < -0.39 is 0 Å². The van der Waals surface area contributed by atoms with Gasteiger partial charge < -0.3 is 4.90 Å². The van der Waals surface area contributed by atoms with Crippen molar-refractivity contribution < 1.29 is 0 Å². The monoisotopic (exact) mass is 354 g/mol. The van der Waals surface area contributed by atoms with Gasteiger partial charge in [0.25, 0.3) is 0 Å².